The van der Waals surface area contributed by atoms with Crippen LogP contribution in [0.2, 0.25) is 5.02 Å². The fourth-order valence-electron chi connectivity index (χ4n) is 2.90. The first-order valence-electron chi connectivity index (χ1n) is 9.26. The maximum Gasteiger partial charge on any atom is 0.335 e. The van der Waals surface area contributed by atoms with Crippen molar-refractivity contribution in [2.45, 2.75) is 6.92 Å². The Morgan fingerprint density at radius 3 is 2.41 bits per heavy atom. The summed E-state index contributed by atoms with van der Waals surface area (Å²) >= 11 is 5.89. The van der Waals surface area contributed by atoms with Gasteiger partial charge in [0.2, 0.25) is 0 Å². The third kappa shape index (κ3) is 4.12. The Kier molecular flexibility index (Phi) is 5.52. The average molecular weight is 451 g/mol. The fraction of sp³-hybridized carbons (Fsp3) is 0.0476. The van der Waals surface area contributed by atoms with E-state index in [4.69, 9.17) is 16.7 Å². The zero-order valence-corrected chi connectivity index (χ0v) is 17.3. The van der Waals surface area contributed by atoms with Crippen LogP contribution in [0.3, 0.4) is 0 Å². The van der Waals surface area contributed by atoms with Gasteiger partial charge in [-0.05, 0) is 49.4 Å². The number of aromatic carboxylic acids is 1. The Labute approximate surface area is 185 Å². The second-order valence-corrected chi connectivity index (χ2v) is 7.19. The monoisotopic (exact) mass is 450 g/mol. The molecule has 0 saturated carbocycles. The molecule has 4 rings (SSSR count). The molecule has 0 amide bonds. The molecule has 4 aromatic rings. The standard InChI is InChI=1S/C21H15ClN6O4/c1-11-18(26-23-15-8-4-13(5-9-15)21(31)32)20(30)28(27-11)19(29)17-10-16(24-25-17)12-2-6-14(22)7-3-12/h2-10,27H,1H3,(H,24,25)(H,31,32). The lowest BCUT2D eigenvalue weighted by Crippen LogP contribution is -2.25. The molecule has 2 aromatic heterocycles. The molecule has 3 N–H and O–H groups in total. The van der Waals surface area contributed by atoms with E-state index in [1.54, 1.807) is 31.2 Å². The number of H-pyrrole nitrogens is 2. The van der Waals surface area contributed by atoms with E-state index >= 15 is 0 Å². The summed E-state index contributed by atoms with van der Waals surface area (Å²) in [7, 11) is 0. The van der Waals surface area contributed by atoms with Crippen LogP contribution in [0.5, 0.6) is 0 Å². The molecular weight excluding hydrogens is 436 g/mol. The first kappa shape index (κ1) is 20.9. The van der Waals surface area contributed by atoms with Crippen LogP contribution in [0.25, 0.3) is 11.3 Å². The minimum Gasteiger partial charge on any atom is -0.478 e. The van der Waals surface area contributed by atoms with E-state index in [0.717, 1.165) is 10.2 Å². The molecule has 10 nitrogen and oxygen atoms in total. The smallest absolute Gasteiger partial charge is 0.335 e. The van der Waals surface area contributed by atoms with Crippen LogP contribution in [0.4, 0.5) is 11.4 Å². The summed E-state index contributed by atoms with van der Waals surface area (Å²) in [5, 5.41) is 26.8. The predicted octanol–water partition coefficient (Wildman–Crippen LogP) is 4.33. The van der Waals surface area contributed by atoms with Gasteiger partial charge < -0.3 is 5.11 Å². The van der Waals surface area contributed by atoms with Crippen molar-refractivity contribution in [3.8, 4) is 11.3 Å². The van der Waals surface area contributed by atoms with Gasteiger partial charge in [0.15, 0.2) is 5.69 Å². The van der Waals surface area contributed by atoms with E-state index in [9.17, 15) is 14.4 Å². The van der Waals surface area contributed by atoms with Crippen molar-refractivity contribution in [3.63, 3.8) is 0 Å². The van der Waals surface area contributed by atoms with Gasteiger partial charge in [0.1, 0.15) is 5.69 Å². The molecule has 32 heavy (non-hydrogen) atoms. The summed E-state index contributed by atoms with van der Waals surface area (Å²) in [6.07, 6.45) is 0. The van der Waals surface area contributed by atoms with Gasteiger partial charge in [-0.15, -0.1) is 5.11 Å². The zero-order valence-electron chi connectivity index (χ0n) is 16.5. The second-order valence-electron chi connectivity index (χ2n) is 6.76. The van der Waals surface area contributed by atoms with Crippen LogP contribution in [-0.2, 0) is 0 Å². The molecule has 0 bridgehead atoms. The molecule has 0 spiro atoms. The quantitative estimate of drug-likeness (QED) is 0.387. The molecule has 0 unspecified atom stereocenters. The van der Waals surface area contributed by atoms with E-state index in [0.29, 0.717) is 22.1 Å². The summed E-state index contributed by atoms with van der Waals surface area (Å²) < 4.78 is 0.816. The topological polar surface area (TPSA) is 146 Å². The van der Waals surface area contributed by atoms with Gasteiger partial charge in [-0.25, -0.2) is 4.79 Å². The third-order valence-corrected chi connectivity index (χ3v) is 4.82. The number of hydrogen-bond donors (Lipinski definition) is 3. The van der Waals surface area contributed by atoms with E-state index in [-0.39, 0.29) is 16.9 Å². The normalized spacial score (nSPS) is 11.2. The van der Waals surface area contributed by atoms with Crippen LogP contribution in [0.15, 0.2) is 69.6 Å². The molecule has 0 aliphatic rings. The molecule has 0 saturated heterocycles. The van der Waals surface area contributed by atoms with Crippen LogP contribution >= 0.6 is 11.6 Å². The van der Waals surface area contributed by atoms with Crippen molar-refractivity contribution in [3.05, 3.63) is 86.9 Å². The number of carboxylic acids is 1. The predicted molar refractivity (Wildman–Crippen MR) is 116 cm³/mol. The summed E-state index contributed by atoms with van der Waals surface area (Å²) in [5.41, 5.74) is 1.45. The number of carboxylic acid groups (broad SMARTS) is 1. The Hall–Kier alpha value is -4.31. The lowest BCUT2D eigenvalue weighted by molar-refractivity contribution is 0.0696. The highest BCUT2D eigenvalue weighted by Crippen LogP contribution is 2.21. The number of hydrogen-bond acceptors (Lipinski definition) is 6. The number of aromatic nitrogens is 4. The first-order valence-corrected chi connectivity index (χ1v) is 9.64. The van der Waals surface area contributed by atoms with Gasteiger partial charge in [0.05, 0.1) is 22.6 Å². The van der Waals surface area contributed by atoms with Crippen molar-refractivity contribution in [2.75, 3.05) is 0 Å². The molecular formula is C21H15ClN6O4. The molecule has 0 radical (unpaired) electrons. The lowest BCUT2D eigenvalue weighted by atomic mass is 10.1. The number of halogens is 1. The Bertz CT molecular complexity index is 1400. The summed E-state index contributed by atoms with van der Waals surface area (Å²) in [6.45, 7) is 1.58. The minimum atomic E-state index is -1.06. The van der Waals surface area contributed by atoms with Crippen molar-refractivity contribution in [2.24, 2.45) is 10.2 Å². The number of carbonyl (C=O) groups excluding carboxylic acids is 1. The molecule has 11 heteroatoms. The van der Waals surface area contributed by atoms with E-state index < -0.39 is 17.4 Å². The van der Waals surface area contributed by atoms with Gasteiger partial charge in [0.25, 0.3) is 5.91 Å². The Balaban J connectivity index is 1.58. The molecule has 2 aromatic carbocycles. The average Bonchev–Trinajstić information content (AvgIpc) is 3.38. The summed E-state index contributed by atoms with van der Waals surface area (Å²) in [6, 6.07) is 14.1. The maximum atomic E-state index is 12.8. The van der Waals surface area contributed by atoms with E-state index in [2.05, 4.69) is 25.5 Å². The molecule has 160 valence electrons. The molecule has 0 aliphatic carbocycles. The minimum absolute atomic E-state index is 0.0434. The Morgan fingerprint density at radius 1 is 1.06 bits per heavy atom. The molecule has 0 aliphatic heterocycles. The highest BCUT2D eigenvalue weighted by molar-refractivity contribution is 6.30. The van der Waals surface area contributed by atoms with Crippen molar-refractivity contribution in [1.82, 2.24) is 20.0 Å². The highest BCUT2D eigenvalue weighted by atomic mass is 35.5. The van der Waals surface area contributed by atoms with Crippen molar-refractivity contribution < 1.29 is 14.7 Å². The van der Waals surface area contributed by atoms with Crippen LogP contribution < -0.4 is 5.56 Å². The summed E-state index contributed by atoms with van der Waals surface area (Å²) in [4.78, 5) is 36.4. The SMILES string of the molecule is Cc1[nH]n(C(=O)c2cc(-c3ccc(Cl)cc3)n[nH]2)c(=O)c1N=Nc1ccc(C(=O)O)cc1. The zero-order chi connectivity index (χ0) is 22.8. The third-order valence-electron chi connectivity index (χ3n) is 4.57. The molecule has 2 heterocycles. The number of aromatic amines is 2. The Morgan fingerprint density at radius 2 is 1.75 bits per heavy atom. The number of benzene rings is 2. The van der Waals surface area contributed by atoms with Gasteiger partial charge in [-0.1, -0.05) is 23.7 Å². The second kappa shape index (κ2) is 8.44. The van der Waals surface area contributed by atoms with Crippen molar-refractivity contribution >= 4 is 34.9 Å². The van der Waals surface area contributed by atoms with Gasteiger partial charge in [0, 0.05) is 10.6 Å². The molecule has 0 fully saturated rings. The fourth-order valence-corrected chi connectivity index (χ4v) is 3.02. The number of azo groups is 1. The lowest BCUT2D eigenvalue weighted by Gasteiger charge is -1.96. The van der Waals surface area contributed by atoms with E-state index in [1.807, 2.05) is 0 Å². The maximum absolute atomic E-state index is 12.8. The number of aryl methyl sites for hydroxylation is 1. The first-order chi connectivity index (χ1) is 15.3. The van der Waals surface area contributed by atoms with Gasteiger partial charge in [-0.3, -0.25) is 19.8 Å². The largest absolute Gasteiger partial charge is 0.478 e. The van der Waals surface area contributed by atoms with E-state index in [1.165, 1.54) is 30.3 Å². The van der Waals surface area contributed by atoms with Gasteiger partial charge >= 0.3 is 11.5 Å². The number of nitrogens with zero attached hydrogens (tertiary/aromatic N) is 4. The highest BCUT2D eigenvalue weighted by Gasteiger charge is 2.20. The van der Waals surface area contributed by atoms with Gasteiger partial charge in [-0.2, -0.15) is 14.9 Å². The van der Waals surface area contributed by atoms with Crippen LogP contribution in [0.1, 0.15) is 26.5 Å². The van der Waals surface area contributed by atoms with Crippen LogP contribution in [0, 0.1) is 6.92 Å². The number of rotatable bonds is 5. The van der Waals surface area contributed by atoms with Crippen LogP contribution in [-0.4, -0.2) is 37.0 Å². The number of carbonyl (C=O) groups is 2. The van der Waals surface area contributed by atoms with Crippen molar-refractivity contribution in [1.29, 1.82) is 0 Å². The summed E-state index contributed by atoms with van der Waals surface area (Å²) in [5.74, 6) is -1.70. The number of nitrogens with one attached hydrogen (secondary N) is 2. The molecule has 0 atom stereocenters.